The van der Waals surface area contributed by atoms with E-state index in [0.717, 1.165) is 82.6 Å². The van der Waals surface area contributed by atoms with Gasteiger partial charge in [-0.25, -0.2) is 4.98 Å². The molecular weight excluding hydrogens is 544 g/mol. The Labute approximate surface area is 254 Å². The zero-order chi connectivity index (χ0) is 29.9. The van der Waals surface area contributed by atoms with Gasteiger partial charge in [-0.05, 0) is 63.1 Å². The number of ether oxygens (including phenoxy) is 1. The second kappa shape index (κ2) is 13.1. The Morgan fingerprint density at radius 2 is 1.81 bits per heavy atom. The van der Waals surface area contributed by atoms with Crippen molar-refractivity contribution in [2.75, 3.05) is 55.5 Å². The summed E-state index contributed by atoms with van der Waals surface area (Å²) in [6.07, 6.45) is 11.2. The first-order chi connectivity index (χ1) is 21.0. The quantitative estimate of drug-likeness (QED) is 0.424. The molecule has 3 heterocycles. The highest BCUT2D eigenvalue weighted by Gasteiger charge is 2.41. The predicted molar refractivity (Wildman–Crippen MR) is 168 cm³/mol. The number of nitrogens with one attached hydrogen (secondary N) is 3. The van der Waals surface area contributed by atoms with Crippen molar-refractivity contribution in [2.24, 2.45) is 0 Å². The van der Waals surface area contributed by atoms with Crippen molar-refractivity contribution in [3.05, 3.63) is 30.0 Å². The summed E-state index contributed by atoms with van der Waals surface area (Å²) in [4.78, 5) is 42.4. The van der Waals surface area contributed by atoms with Crippen LogP contribution in [0.15, 0.2) is 24.4 Å². The first-order valence-electron chi connectivity index (χ1n) is 16.1. The number of hydrogen-bond donors (Lipinski definition) is 3. The van der Waals surface area contributed by atoms with E-state index in [-0.39, 0.29) is 23.9 Å². The number of likely N-dealkylation sites (N-methyl/N-ethyl adjacent to an activating group) is 1. The molecule has 3 N–H and O–H groups in total. The number of aromatic nitrogens is 2. The number of piperazine rings is 1. The minimum Gasteiger partial charge on any atom is -0.495 e. The highest BCUT2D eigenvalue weighted by atomic mass is 16.5. The number of nitrogens with zero attached hydrogens (tertiary/aromatic N) is 5. The van der Waals surface area contributed by atoms with Gasteiger partial charge in [0.25, 0.3) is 5.91 Å². The molecule has 4 aliphatic rings. The van der Waals surface area contributed by atoms with Gasteiger partial charge in [-0.2, -0.15) is 4.98 Å². The summed E-state index contributed by atoms with van der Waals surface area (Å²) >= 11 is 0. The monoisotopic (exact) mass is 590 g/mol. The van der Waals surface area contributed by atoms with Crippen LogP contribution in [0.25, 0.3) is 0 Å². The fourth-order valence-electron chi connectivity index (χ4n) is 7.40. The van der Waals surface area contributed by atoms with Gasteiger partial charge in [0.1, 0.15) is 17.5 Å². The van der Waals surface area contributed by atoms with E-state index < -0.39 is 0 Å². The summed E-state index contributed by atoms with van der Waals surface area (Å²) in [5.74, 6) is 1.78. The van der Waals surface area contributed by atoms with Crippen LogP contribution in [0.4, 0.5) is 23.1 Å². The molecule has 0 unspecified atom stereocenters. The van der Waals surface area contributed by atoms with Gasteiger partial charge in [0.15, 0.2) is 5.82 Å². The number of anilines is 4. The number of amides is 2. The Morgan fingerprint density at radius 1 is 1.07 bits per heavy atom. The number of benzene rings is 1. The van der Waals surface area contributed by atoms with Crippen molar-refractivity contribution in [1.29, 1.82) is 0 Å². The minimum absolute atomic E-state index is 0.0778. The molecule has 11 nitrogen and oxygen atoms in total. The lowest BCUT2D eigenvalue weighted by atomic mass is 9.89. The summed E-state index contributed by atoms with van der Waals surface area (Å²) in [7, 11) is 3.40. The second-order valence-electron chi connectivity index (χ2n) is 12.4. The third-order valence-electron chi connectivity index (χ3n) is 9.82. The Balaban J connectivity index is 1.14. The topological polar surface area (TPSA) is 115 Å². The fraction of sp³-hybridized carbons (Fsp3) is 0.625. The molecule has 0 bridgehead atoms. The average molecular weight is 591 g/mol. The lowest BCUT2D eigenvalue weighted by Crippen LogP contribution is -2.55. The molecule has 43 heavy (non-hydrogen) atoms. The van der Waals surface area contributed by atoms with Crippen LogP contribution >= 0.6 is 0 Å². The fourth-order valence-corrected chi connectivity index (χ4v) is 7.40. The number of rotatable bonds is 8. The summed E-state index contributed by atoms with van der Waals surface area (Å²) in [6, 6.07) is 6.32. The van der Waals surface area contributed by atoms with Crippen molar-refractivity contribution >= 4 is 35.0 Å². The summed E-state index contributed by atoms with van der Waals surface area (Å²) in [5, 5.41) is 9.99. The summed E-state index contributed by atoms with van der Waals surface area (Å²) in [6.45, 7) is 6.43. The van der Waals surface area contributed by atoms with E-state index in [1.165, 1.54) is 12.8 Å². The van der Waals surface area contributed by atoms with Gasteiger partial charge in [-0.3, -0.25) is 14.5 Å². The average Bonchev–Trinajstić information content (AvgIpc) is 3.58. The largest absolute Gasteiger partial charge is 0.495 e. The molecule has 1 aromatic heterocycles. The molecule has 2 amide bonds. The molecule has 2 saturated carbocycles. The smallest absolute Gasteiger partial charge is 0.251 e. The molecule has 232 valence electrons. The standard InChI is InChI=1S/C32H46N8O3/c1-4-26-31(42)38(2)27-20-34-32(37-29(27)40(26)24-7-5-6-8-24)36-25-14-9-21(19-28(25)43-3)30(41)35-22-10-12-23(13-11-22)39-17-15-33-16-18-39/h9,14,19-20,22-24,26,33H,4-8,10-13,15-18H2,1-3H3,(H,35,41)(H,34,36,37)/t22?,23?,26-/m1/s1. The van der Waals surface area contributed by atoms with E-state index in [0.29, 0.717) is 35.0 Å². The first-order valence-corrected chi connectivity index (χ1v) is 16.1. The molecule has 2 aliphatic heterocycles. The molecule has 6 rings (SSSR count). The molecule has 2 aliphatic carbocycles. The van der Waals surface area contributed by atoms with Crippen molar-refractivity contribution < 1.29 is 14.3 Å². The van der Waals surface area contributed by atoms with E-state index in [1.54, 1.807) is 31.3 Å². The van der Waals surface area contributed by atoms with Crippen LogP contribution in [0.5, 0.6) is 5.75 Å². The number of methoxy groups -OCH3 is 1. The third-order valence-corrected chi connectivity index (χ3v) is 9.82. The van der Waals surface area contributed by atoms with Gasteiger partial charge >= 0.3 is 0 Å². The number of hydrogen-bond acceptors (Lipinski definition) is 9. The van der Waals surface area contributed by atoms with E-state index in [4.69, 9.17) is 9.72 Å². The van der Waals surface area contributed by atoms with Crippen LogP contribution in [0.2, 0.25) is 0 Å². The van der Waals surface area contributed by atoms with E-state index in [1.807, 2.05) is 12.1 Å². The number of fused-ring (bicyclic) bond motifs is 1. The Kier molecular flexibility index (Phi) is 8.99. The lowest BCUT2D eigenvalue weighted by molar-refractivity contribution is -0.120. The van der Waals surface area contributed by atoms with Crippen LogP contribution < -0.4 is 30.5 Å². The van der Waals surface area contributed by atoms with Crippen LogP contribution in [0, 0.1) is 0 Å². The van der Waals surface area contributed by atoms with Crippen molar-refractivity contribution in [3.63, 3.8) is 0 Å². The van der Waals surface area contributed by atoms with Crippen molar-refractivity contribution in [3.8, 4) is 5.75 Å². The zero-order valence-corrected chi connectivity index (χ0v) is 25.8. The van der Waals surface area contributed by atoms with E-state index in [9.17, 15) is 9.59 Å². The molecule has 0 radical (unpaired) electrons. The number of carbonyl (C=O) groups excluding carboxylic acids is 2. The summed E-state index contributed by atoms with van der Waals surface area (Å²) < 4.78 is 5.69. The van der Waals surface area contributed by atoms with Gasteiger partial charge in [0.05, 0.1) is 19.0 Å². The van der Waals surface area contributed by atoms with Gasteiger partial charge < -0.3 is 30.5 Å². The molecule has 1 saturated heterocycles. The molecule has 3 fully saturated rings. The highest BCUT2D eigenvalue weighted by Crippen LogP contribution is 2.40. The molecule has 2 aromatic rings. The van der Waals surface area contributed by atoms with Crippen molar-refractivity contribution in [1.82, 2.24) is 25.5 Å². The van der Waals surface area contributed by atoms with Gasteiger partial charge in [0.2, 0.25) is 11.9 Å². The van der Waals surface area contributed by atoms with Crippen molar-refractivity contribution in [2.45, 2.75) is 88.9 Å². The first kappa shape index (κ1) is 29.6. The third kappa shape index (κ3) is 6.15. The van der Waals surface area contributed by atoms with Crippen LogP contribution in [-0.4, -0.2) is 91.2 Å². The minimum atomic E-state index is -0.229. The molecule has 0 spiro atoms. The SMILES string of the molecule is CC[C@@H]1C(=O)N(C)c2cnc(Nc3ccc(C(=O)NC4CCC(N5CCNCC5)CC4)cc3OC)nc2N1C1CCCC1. The number of carbonyl (C=O) groups is 2. The Hall–Kier alpha value is -3.44. The normalized spacial score (nSPS) is 25.0. The van der Waals surface area contributed by atoms with Gasteiger partial charge in [-0.1, -0.05) is 19.8 Å². The van der Waals surface area contributed by atoms with Gasteiger partial charge in [-0.15, -0.1) is 0 Å². The molecule has 1 atom stereocenters. The van der Waals surface area contributed by atoms with Crippen LogP contribution in [0.3, 0.4) is 0 Å². The molecule has 1 aromatic carbocycles. The summed E-state index contributed by atoms with van der Waals surface area (Å²) in [5.41, 5.74) is 1.97. The van der Waals surface area contributed by atoms with Crippen LogP contribution in [0.1, 0.15) is 75.1 Å². The maximum Gasteiger partial charge on any atom is 0.251 e. The highest BCUT2D eigenvalue weighted by molar-refractivity contribution is 6.04. The predicted octanol–water partition coefficient (Wildman–Crippen LogP) is 3.68. The van der Waals surface area contributed by atoms with E-state index in [2.05, 4.69) is 37.7 Å². The second-order valence-corrected chi connectivity index (χ2v) is 12.4. The molecule has 11 heteroatoms. The zero-order valence-electron chi connectivity index (χ0n) is 25.8. The molecular formula is C32H46N8O3. The van der Waals surface area contributed by atoms with Crippen LogP contribution in [-0.2, 0) is 4.79 Å². The Bertz CT molecular complexity index is 1300. The maximum atomic E-state index is 13.2. The van der Waals surface area contributed by atoms with E-state index >= 15 is 0 Å². The Morgan fingerprint density at radius 3 is 2.51 bits per heavy atom. The maximum absolute atomic E-state index is 13.2. The van der Waals surface area contributed by atoms with Gasteiger partial charge in [0, 0.05) is 56.9 Å². The lowest BCUT2D eigenvalue weighted by Gasteiger charge is -2.43.